The van der Waals surface area contributed by atoms with Crippen LogP contribution in [0.4, 0.5) is 5.82 Å². The molecule has 2 aromatic carbocycles. The molecule has 0 bridgehead atoms. The van der Waals surface area contributed by atoms with Gasteiger partial charge in [0.1, 0.15) is 28.2 Å². The Balaban J connectivity index is 0.000000195. The van der Waals surface area contributed by atoms with Gasteiger partial charge in [-0.3, -0.25) is 14.4 Å². The van der Waals surface area contributed by atoms with Crippen LogP contribution in [0.3, 0.4) is 0 Å². The number of rotatable bonds is 7. The van der Waals surface area contributed by atoms with Crippen LogP contribution in [0.1, 0.15) is 82.6 Å². The van der Waals surface area contributed by atoms with E-state index >= 15 is 0 Å². The van der Waals surface area contributed by atoms with Gasteiger partial charge in [-0.2, -0.15) is 4.98 Å². The van der Waals surface area contributed by atoms with E-state index in [1.54, 1.807) is 19.1 Å². The number of nitrogens with zero attached hydrogens (tertiary/aromatic N) is 2. The van der Waals surface area contributed by atoms with Crippen LogP contribution in [-0.4, -0.2) is 42.8 Å². The average molecular weight is 670 g/mol. The summed E-state index contributed by atoms with van der Waals surface area (Å²) in [5, 5.41) is 28.6. The summed E-state index contributed by atoms with van der Waals surface area (Å²) in [6.07, 6.45) is 0.993. The van der Waals surface area contributed by atoms with Gasteiger partial charge in [-0.1, -0.05) is 33.3 Å². The van der Waals surface area contributed by atoms with Crippen LogP contribution in [0.5, 0.6) is 0 Å². The molecule has 0 aliphatic carbocycles. The van der Waals surface area contributed by atoms with E-state index in [0.29, 0.717) is 34.9 Å². The minimum Gasteiger partial charge on any atom is -0.478 e. The molecule has 0 fully saturated rings. The standard InChI is InChI=1S/C19H17NO7.C16H14N2O4/c1-3-5-9-16-10(13(21)7-12(18(23)24)20(16)4-2)6-11-14(22)8-15(19(25)26)27-17(9)11;1-7(2)8-3-4-12-9(5-8)13(19)10-6-11(16(20)21)14(17)18-15(10)22-12/h6-8H,3-5H2,1-2H3,(H,23,24)(H,25,26);3-7H,1-2H3,(H2,17,18)(H,20,21). The summed E-state index contributed by atoms with van der Waals surface area (Å²) in [5.74, 6) is -4.30. The van der Waals surface area contributed by atoms with Gasteiger partial charge in [-0.15, -0.1) is 0 Å². The fraction of sp³-hybridized carbons (Fsp3) is 0.229. The number of anilines is 1. The van der Waals surface area contributed by atoms with Gasteiger partial charge in [0.25, 0.3) is 0 Å². The van der Waals surface area contributed by atoms with Gasteiger partial charge < -0.3 is 34.5 Å². The third-order valence-corrected chi connectivity index (χ3v) is 8.04. The molecule has 0 saturated heterocycles. The molecular formula is C35H31N3O11. The van der Waals surface area contributed by atoms with Crippen molar-refractivity contribution in [2.24, 2.45) is 0 Å². The zero-order valence-electron chi connectivity index (χ0n) is 26.8. The number of aromatic carboxylic acids is 3. The van der Waals surface area contributed by atoms with Crippen molar-refractivity contribution in [1.29, 1.82) is 0 Å². The smallest absolute Gasteiger partial charge is 0.371 e. The molecule has 4 aromatic heterocycles. The van der Waals surface area contributed by atoms with Gasteiger partial charge in [-0.25, -0.2) is 14.4 Å². The highest BCUT2D eigenvalue weighted by Gasteiger charge is 2.22. The third kappa shape index (κ3) is 6.11. The fourth-order valence-electron chi connectivity index (χ4n) is 5.68. The number of benzene rings is 2. The molecule has 0 aliphatic heterocycles. The molecule has 0 atom stereocenters. The van der Waals surface area contributed by atoms with Gasteiger partial charge in [0, 0.05) is 29.6 Å². The lowest BCUT2D eigenvalue weighted by atomic mass is 10.00. The van der Waals surface area contributed by atoms with E-state index in [2.05, 4.69) is 4.98 Å². The number of pyridine rings is 2. The van der Waals surface area contributed by atoms with E-state index in [1.807, 2.05) is 26.8 Å². The van der Waals surface area contributed by atoms with Crippen LogP contribution in [0.2, 0.25) is 0 Å². The van der Waals surface area contributed by atoms with Crippen LogP contribution >= 0.6 is 0 Å². The maximum Gasteiger partial charge on any atom is 0.371 e. The Morgan fingerprint density at radius 2 is 1.53 bits per heavy atom. The van der Waals surface area contributed by atoms with Gasteiger partial charge in [-0.05, 0) is 49.1 Å². The zero-order valence-corrected chi connectivity index (χ0v) is 26.8. The number of fused-ring (bicyclic) bond motifs is 4. The predicted octanol–water partition coefficient (Wildman–Crippen LogP) is 5.22. The van der Waals surface area contributed by atoms with E-state index in [-0.39, 0.29) is 62.4 Å². The molecule has 49 heavy (non-hydrogen) atoms. The highest BCUT2D eigenvalue weighted by Crippen LogP contribution is 2.29. The minimum absolute atomic E-state index is 0.0392. The molecule has 14 nitrogen and oxygen atoms in total. The van der Waals surface area contributed by atoms with Crippen molar-refractivity contribution < 1.29 is 38.5 Å². The topological polar surface area (TPSA) is 233 Å². The van der Waals surface area contributed by atoms with Crippen molar-refractivity contribution in [1.82, 2.24) is 9.55 Å². The molecule has 252 valence electrons. The lowest BCUT2D eigenvalue weighted by Gasteiger charge is -2.17. The number of carbonyl (C=O) groups is 3. The van der Waals surface area contributed by atoms with E-state index in [0.717, 1.165) is 17.7 Å². The molecule has 0 spiro atoms. The Morgan fingerprint density at radius 1 is 0.837 bits per heavy atom. The van der Waals surface area contributed by atoms with Crippen molar-refractivity contribution in [2.45, 2.75) is 53.0 Å². The summed E-state index contributed by atoms with van der Waals surface area (Å²) in [6.45, 7) is 7.92. The maximum atomic E-state index is 12.6. The second-order valence-electron chi connectivity index (χ2n) is 11.5. The zero-order chi connectivity index (χ0) is 35.9. The average Bonchev–Trinajstić information content (AvgIpc) is 3.04. The van der Waals surface area contributed by atoms with Gasteiger partial charge in [0.15, 0.2) is 10.9 Å². The summed E-state index contributed by atoms with van der Waals surface area (Å²) < 4.78 is 12.5. The van der Waals surface area contributed by atoms with Crippen molar-refractivity contribution in [3.8, 4) is 0 Å². The number of hydrogen-bond acceptors (Lipinski definition) is 10. The van der Waals surface area contributed by atoms with Gasteiger partial charge in [0.05, 0.1) is 21.7 Å². The van der Waals surface area contributed by atoms with Crippen LogP contribution in [0.25, 0.3) is 43.9 Å². The first-order valence-corrected chi connectivity index (χ1v) is 15.2. The lowest BCUT2D eigenvalue weighted by molar-refractivity contribution is 0.0658. The molecule has 5 N–H and O–H groups in total. The number of aryl methyl sites for hydroxylation is 2. The first-order chi connectivity index (χ1) is 23.2. The number of nitrogens with two attached hydrogens (primary N) is 1. The summed E-state index contributed by atoms with van der Waals surface area (Å²) in [5.41, 5.74) is 6.11. The highest BCUT2D eigenvalue weighted by molar-refractivity contribution is 6.01. The molecule has 0 aliphatic rings. The van der Waals surface area contributed by atoms with Crippen LogP contribution in [0, 0.1) is 0 Å². The molecule has 4 heterocycles. The number of carboxylic acids is 3. The van der Waals surface area contributed by atoms with Crippen LogP contribution in [0.15, 0.2) is 65.7 Å². The van der Waals surface area contributed by atoms with Gasteiger partial charge >= 0.3 is 17.9 Å². The molecule has 6 aromatic rings. The quantitative estimate of drug-likeness (QED) is 0.160. The SMILES string of the molecule is CC(C)c1ccc2oc3nc(N)c(C(=O)O)cc3c(=O)c2c1.CCCc1c2oc(C(=O)O)cc(=O)c2cc2c(=O)cc(C(=O)O)n(CC)c12. The minimum atomic E-state index is -1.39. The first kappa shape index (κ1) is 34.0. The molecular weight excluding hydrogens is 638 g/mol. The van der Waals surface area contributed by atoms with Crippen LogP contribution in [-0.2, 0) is 13.0 Å². The van der Waals surface area contributed by atoms with Crippen molar-refractivity contribution in [3.63, 3.8) is 0 Å². The molecule has 0 saturated carbocycles. The highest BCUT2D eigenvalue weighted by atomic mass is 16.4. The van der Waals surface area contributed by atoms with E-state index in [4.69, 9.17) is 19.7 Å². The summed E-state index contributed by atoms with van der Waals surface area (Å²) in [4.78, 5) is 75.5. The maximum absolute atomic E-state index is 12.6. The monoisotopic (exact) mass is 669 g/mol. The van der Waals surface area contributed by atoms with Crippen molar-refractivity contribution in [3.05, 3.63) is 101 Å². The first-order valence-electron chi connectivity index (χ1n) is 15.2. The Hall–Kier alpha value is -6.31. The van der Waals surface area contributed by atoms with Crippen molar-refractivity contribution in [2.75, 3.05) is 5.73 Å². The summed E-state index contributed by atoms with van der Waals surface area (Å²) in [6, 6.07) is 9.83. The molecule has 6 rings (SSSR count). The Labute approximate surface area is 275 Å². The Bertz CT molecular complexity index is 2540. The van der Waals surface area contributed by atoms with Crippen LogP contribution < -0.4 is 22.0 Å². The second-order valence-corrected chi connectivity index (χ2v) is 11.5. The normalized spacial score (nSPS) is 11.3. The van der Waals surface area contributed by atoms with E-state index in [9.17, 15) is 39.0 Å². The predicted molar refractivity (Wildman–Crippen MR) is 181 cm³/mol. The lowest BCUT2D eigenvalue weighted by Crippen LogP contribution is -2.19. The second kappa shape index (κ2) is 13.1. The largest absolute Gasteiger partial charge is 0.478 e. The Morgan fingerprint density at radius 3 is 2.12 bits per heavy atom. The fourth-order valence-corrected chi connectivity index (χ4v) is 5.68. The molecule has 0 amide bonds. The summed E-state index contributed by atoms with van der Waals surface area (Å²) >= 11 is 0. The molecule has 14 heteroatoms. The summed E-state index contributed by atoms with van der Waals surface area (Å²) in [7, 11) is 0. The van der Waals surface area contributed by atoms with Crippen molar-refractivity contribution >= 4 is 67.7 Å². The number of carboxylic acid groups (broad SMARTS) is 3. The molecule has 0 radical (unpaired) electrons. The number of nitrogen functional groups attached to an aromatic ring is 1. The van der Waals surface area contributed by atoms with E-state index < -0.39 is 34.5 Å². The number of hydrogen-bond donors (Lipinski definition) is 4. The Kier molecular flexibility index (Phi) is 9.07. The van der Waals surface area contributed by atoms with E-state index in [1.165, 1.54) is 16.7 Å². The van der Waals surface area contributed by atoms with Gasteiger partial charge in [0.2, 0.25) is 16.9 Å². The molecule has 0 unspecified atom stereocenters. The third-order valence-electron chi connectivity index (χ3n) is 8.04. The number of aromatic nitrogens is 2.